The molecule has 3 rings (SSSR count). The smallest absolute Gasteiger partial charge is 0.232 e. The lowest BCUT2D eigenvalue weighted by Gasteiger charge is -2.18. The lowest BCUT2D eigenvalue weighted by atomic mass is 10.00. The molecular weight excluding hydrogens is 288 g/mol. The van der Waals surface area contributed by atoms with Crippen LogP contribution in [0, 0.1) is 25.7 Å². The summed E-state index contributed by atoms with van der Waals surface area (Å²) in [6.45, 7) is 5.39. The van der Waals surface area contributed by atoms with Gasteiger partial charge in [-0.05, 0) is 32.6 Å². The van der Waals surface area contributed by atoms with Crippen molar-refractivity contribution in [3.05, 3.63) is 17.0 Å². The Kier molecular flexibility index (Phi) is 4.26. The zero-order valence-electron chi connectivity index (χ0n) is 12.5. The van der Waals surface area contributed by atoms with Crippen LogP contribution in [-0.4, -0.2) is 46.0 Å². The van der Waals surface area contributed by atoms with Crippen LogP contribution in [0.3, 0.4) is 0 Å². The number of hydrogen-bond acceptors (Lipinski definition) is 5. The van der Waals surface area contributed by atoms with Gasteiger partial charge >= 0.3 is 0 Å². The van der Waals surface area contributed by atoms with Crippen molar-refractivity contribution >= 4 is 17.7 Å². The van der Waals surface area contributed by atoms with Gasteiger partial charge in [-0.15, -0.1) is 11.8 Å². The van der Waals surface area contributed by atoms with Gasteiger partial charge in [-0.1, -0.05) is 5.16 Å². The van der Waals surface area contributed by atoms with Crippen LogP contribution in [0.1, 0.15) is 29.9 Å². The van der Waals surface area contributed by atoms with Crippen LogP contribution < -0.4 is 0 Å². The number of likely N-dealkylation sites (tertiary alicyclic amines) is 1. The largest absolute Gasteiger partial charge is 0.393 e. The fourth-order valence-electron chi connectivity index (χ4n) is 3.48. The van der Waals surface area contributed by atoms with Crippen molar-refractivity contribution in [3.8, 4) is 0 Å². The Morgan fingerprint density at radius 1 is 1.43 bits per heavy atom. The molecule has 3 unspecified atom stereocenters. The zero-order chi connectivity index (χ0) is 15.0. The van der Waals surface area contributed by atoms with Crippen molar-refractivity contribution < 1.29 is 14.4 Å². The molecule has 1 saturated carbocycles. The highest BCUT2D eigenvalue weighted by Gasteiger charge is 2.43. The van der Waals surface area contributed by atoms with E-state index in [1.807, 2.05) is 18.7 Å². The van der Waals surface area contributed by atoms with Crippen molar-refractivity contribution in [2.45, 2.75) is 38.5 Å². The average molecular weight is 310 g/mol. The van der Waals surface area contributed by atoms with E-state index in [1.165, 1.54) is 0 Å². The fraction of sp³-hybridized carbons (Fsp3) is 0.733. The first-order valence-corrected chi connectivity index (χ1v) is 8.67. The van der Waals surface area contributed by atoms with Crippen LogP contribution in [0.15, 0.2) is 4.52 Å². The molecule has 1 aromatic rings. The van der Waals surface area contributed by atoms with E-state index in [0.29, 0.717) is 17.6 Å². The average Bonchev–Trinajstić information content (AvgIpc) is 3.11. The summed E-state index contributed by atoms with van der Waals surface area (Å²) in [6, 6.07) is 0. The normalized spacial score (nSPS) is 28.1. The molecule has 2 heterocycles. The number of aliphatic hydroxyl groups excluding tert-OH is 1. The number of nitrogens with zero attached hydrogens (tertiary/aromatic N) is 2. The molecule has 1 N–H and O–H groups in total. The molecule has 1 amide bonds. The maximum absolute atomic E-state index is 12.3. The summed E-state index contributed by atoms with van der Waals surface area (Å²) >= 11 is 1.61. The van der Waals surface area contributed by atoms with Crippen LogP contribution in [0.5, 0.6) is 0 Å². The number of aliphatic hydroxyl groups is 1. The van der Waals surface area contributed by atoms with Gasteiger partial charge in [0.25, 0.3) is 0 Å². The van der Waals surface area contributed by atoms with E-state index in [4.69, 9.17) is 4.52 Å². The van der Waals surface area contributed by atoms with Crippen molar-refractivity contribution in [2.75, 3.05) is 18.8 Å². The molecule has 1 aliphatic heterocycles. The van der Waals surface area contributed by atoms with E-state index in [-0.39, 0.29) is 12.0 Å². The summed E-state index contributed by atoms with van der Waals surface area (Å²) < 4.78 is 5.13. The lowest BCUT2D eigenvalue weighted by Crippen LogP contribution is -2.32. The van der Waals surface area contributed by atoms with Crippen LogP contribution in [0.25, 0.3) is 0 Å². The molecule has 2 fully saturated rings. The van der Waals surface area contributed by atoms with E-state index < -0.39 is 0 Å². The number of carbonyl (C=O) groups is 1. The minimum Gasteiger partial charge on any atom is -0.393 e. The Balaban J connectivity index is 1.47. The molecule has 116 valence electrons. The molecule has 5 nitrogen and oxygen atoms in total. The Morgan fingerprint density at radius 3 is 2.90 bits per heavy atom. The monoisotopic (exact) mass is 310 g/mol. The Labute approximate surface area is 129 Å². The molecule has 0 radical (unpaired) electrons. The Morgan fingerprint density at radius 2 is 2.24 bits per heavy atom. The van der Waals surface area contributed by atoms with Crippen LogP contribution in [0.4, 0.5) is 0 Å². The molecule has 21 heavy (non-hydrogen) atoms. The molecule has 1 aromatic heterocycles. The van der Waals surface area contributed by atoms with E-state index in [0.717, 1.165) is 48.7 Å². The number of hydrogen-bond donors (Lipinski definition) is 1. The van der Waals surface area contributed by atoms with Gasteiger partial charge in [0.05, 0.1) is 17.6 Å². The number of thioether (sulfide) groups is 1. The van der Waals surface area contributed by atoms with Gasteiger partial charge in [-0.2, -0.15) is 0 Å². The fourth-order valence-corrected chi connectivity index (χ4v) is 4.56. The first-order chi connectivity index (χ1) is 10.1. The van der Waals surface area contributed by atoms with Gasteiger partial charge in [-0.25, -0.2) is 0 Å². The summed E-state index contributed by atoms with van der Waals surface area (Å²) in [5.41, 5.74) is 2.01. The van der Waals surface area contributed by atoms with E-state index >= 15 is 0 Å². The minimum atomic E-state index is -0.206. The van der Waals surface area contributed by atoms with Crippen molar-refractivity contribution in [2.24, 2.45) is 11.8 Å². The molecule has 0 spiro atoms. The van der Waals surface area contributed by atoms with E-state index in [9.17, 15) is 9.90 Å². The third kappa shape index (κ3) is 2.97. The van der Waals surface area contributed by atoms with Gasteiger partial charge in [0.1, 0.15) is 5.76 Å². The first kappa shape index (κ1) is 14.9. The number of carbonyl (C=O) groups excluding carboxylic acids is 1. The second-order valence-electron chi connectivity index (χ2n) is 6.16. The zero-order valence-corrected chi connectivity index (χ0v) is 13.4. The number of aryl methyl sites for hydroxylation is 2. The highest BCUT2D eigenvalue weighted by Crippen LogP contribution is 2.38. The van der Waals surface area contributed by atoms with E-state index in [1.54, 1.807) is 11.8 Å². The van der Waals surface area contributed by atoms with Gasteiger partial charge in [0, 0.05) is 30.3 Å². The second kappa shape index (κ2) is 6.01. The maximum Gasteiger partial charge on any atom is 0.232 e. The molecule has 1 saturated heterocycles. The van der Waals surface area contributed by atoms with Crippen molar-refractivity contribution in [1.29, 1.82) is 0 Å². The quantitative estimate of drug-likeness (QED) is 0.918. The SMILES string of the molecule is Cc1noc(C)c1CSCC(=O)N1CC2CCC(O)C2C1. The summed E-state index contributed by atoms with van der Waals surface area (Å²) in [6.07, 6.45) is 1.75. The van der Waals surface area contributed by atoms with Crippen molar-refractivity contribution in [1.82, 2.24) is 10.1 Å². The predicted molar refractivity (Wildman–Crippen MR) is 80.9 cm³/mol. The number of rotatable bonds is 4. The standard InChI is InChI=1S/C15H22N2O3S/c1-9-13(10(2)20-16-9)7-21-8-15(19)17-5-11-3-4-14(18)12(11)6-17/h11-12,14,18H,3-8H2,1-2H3. The topological polar surface area (TPSA) is 66.6 Å². The summed E-state index contributed by atoms with van der Waals surface area (Å²) in [7, 11) is 0. The minimum absolute atomic E-state index is 0.188. The maximum atomic E-state index is 12.3. The molecule has 0 aromatic carbocycles. The molecule has 2 aliphatic rings. The summed E-state index contributed by atoms with van der Waals surface area (Å²) in [5, 5.41) is 13.8. The molecule has 1 aliphatic carbocycles. The summed E-state index contributed by atoms with van der Waals surface area (Å²) in [5.74, 6) is 3.09. The molecule has 0 bridgehead atoms. The Hall–Kier alpha value is -1.01. The Bertz CT molecular complexity index is 511. The number of amides is 1. The van der Waals surface area contributed by atoms with Gasteiger partial charge in [0.15, 0.2) is 0 Å². The summed E-state index contributed by atoms with van der Waals surface area (Å²) in [4.78, 5) is 14.2. The first-order valence-electron chi connectivity index (χ1n) is 7.51. The number of fused-ring (bicyclic) bond motifs is 1. The van der Waals surface area contributed by atoms with Gasteiger partial charge < -0.3 is 14.5 Å². The molecule has 3 atom stereocenters. The van der Waals surface area contributed by atoms with Gasteiger partial charge in [0.2, 0.25) is 5.91 Å². The highest BCUT2D eigenvalue weighted by molar-refractivity contribution is 7.99. The predicted octanol–water partition coefficient (Wildman–Crippen LogP) is 1.75. The van der Waals surface area contributed by atoms with Crippen LogP contribution >= 0.6 is 11.8 Å². The third-order valence-corrected chi connectivity index (χ3v) is 5.77. The second-order valence-corrected chi connectivity index (χ2v) is 7.15. The number of aromatic nitrogens is 1. The highest BCUT2D eigenvalue weighted by atomic mass is 32.2. The van der Waals surface area contributed by atoms with Crippen molar-refractivity contribution in [3.63, 3.8) is 0 Å². The van der Waals surface area contributed by atoms with Crippen LogP contribution in [-0.2, 0) is 10.5 Å². The van der Waals surface area contributed by atoms with Gasteiger partial charge in [-0.3, -0.25) is 4.79 Å². The van der Waals surface area contributed by atoms with Crippen LogP contribution in [0.2, 0.25) is 0 Å². The lowest BCUT2D eigenvalue weighted by molar-refractivity contribution is -0.127. The molecule has 6 heteroatoms. The van der Waals surface area contributed by atoms with E-state index in [2.05, 4.69) is 5.16 Å². The molecular formula is C15H22N2O3S. The third-order valence-electron chi connectivity index (χ3n) is 4.82.